The van der Waals surface area contributed by atoms with E-state index < -0.39 is 10.2 Å². The van der Waals surface area contributed by atoms with Crippen LogP contribution in [0.15, 0.2) is 24.3 Å². The summed E-state index contributed by atoms with van der Waals surface area (Å²) in [6.45, 7) is 5.08. The quantitative estimate of drug-likeness (QED) is 0.876. The lowest BCUT2D eigenvalue weighted by molar-refractivity contribution is 0.259. The summed E-state index contributed by atoms with van der Waals surface area (Å²) in [5.74, 6) is 0.362. The van der Waals surface area contributed by atoms with Gasteiger partial charge in [-0.15, -0.1) is 0 Å². The van der Waals surface area contributed by atoms with Crippen LogP contribution in [0.2, 0.25) is 0 Å². The molecule has 0 aromatic heterocycles. The second-order valence-electron chi connectivity index (χ2n) is 5.88. The van der Waals surface area contributed by atoms with Gasteiger partial charge in [0.25, 0.3) is 0 Å². The lowest BCUT2D eigenvalue weighted by Crippen LogP contribution is -2.49. The van der Waals surface area contributed by atoms with Crippen molar-refractivity contribution in [3.05, 3.63) is 29.8 Å². The molecule has 21 heavy (non-hydrogen) atoms. The largest absolute Gasteiger partial charge is 0.329 e. The van der Waals surface area contributed by atoms with Gasteiger partial charge in [-0.3, -0.25) is 4.72 Å². The smallest absolute Gasteiger partial charge is 0.301 e. The molecule has 1 aliphatic rings. The van der Waals surface area contributed by atoms with Crippen molar-refractivity contribution in [2.45, 2.75) is 45.1 Å². The maximum atomic E-state index is 12.6. The summed E-state index contributed by atoms with van der Waals surface area (Å²) in [4.78, 5) is 0. The van der Waals surface area contributed by atoms with E-state index in [1.165, 1.54) is 4.31 Å². The van der Waals surface area contributed by atoms with Gasteiger partial charge in [-0.2, -0.15) is 12.7 Å². The number of anilines is 1. The molecule has 2 rings (SSSR count). The lowest BCUT2D eigenvalue weighted by Gasteiger charge is -2.33. The van der Waals surface area contributed by atoms with E-state index in [-0.39, 0.29) is 6.04 Å². The third-order valence-corrected chi connectivity index (χ3v) is 5.55. The predicted octanol–water partition coefficient (Wildman–Crippen LogP) is 2.28. The number of nitrogens with zero attached hydrogens (tertiary/aromatic N) is 1. The van der Waals surface area contributed by atoms with Gasteiger partial charge in [-0.1, -0.05) is 32.4 Å². The zero-order chi connectivity index (χ0) is 15.5. The summed E-state index contributed by atoms with van der Waals surface area (Å²) in [6, 6.07) is 7.47. The van der Waals surface area contributed by atoms with Crippen LogP contribution in [0.3, 0.4) is 0 Å². The Morgan fingerprint density at radius 3 is 2.81 bits per heavy atom. The zero-order valence-electron chi connectivity index (χ0n) is 12.7. The fourth-order valence-corrected chi connectivity index (χ4v) is 4.19. The minimum absolute atomic E-state index is 0.0930. The fraction of sp³-hybridized carbons (Fsp3) is 0.600. The van der Waals surface area contributed by atoms with Crippen LogP contribution in [0.4, 0.5) is 5.69 Å². The molecule has 1 aromatic carbocycles. The maximum absolute atomic E-state index is 12.6. The highest BCUT2D eigenvalue weighted by atomic mass is 32.2. The van der Waals surface area contributed by atoms with Gasteiger partial charge in [0, 0.05) is 19.1 Å². The number of piperidine rings is 1. The molecule has 1 aromatic rings. The highest BCUT2D eigenvalue weighted by Gasteiger charge is 2.31. The van der Waals surface area contributed by atoms with Crippen molar-refractivity contribution in [1.82, 2.24) is 4.31 Å². The number of nitrogens with one attached hydrogen (secondary N) is 1. The molecule has 5 nitrogen and oxygen atoms in total. The van der Waals surface area contributed by atoms with Crippen LogP contribution in [0.1, 0.15) is 44.6 Å². The van der Waals surface area contributed by atoms with Crippen molar-refractivity contribution in [3.63, 3.8) is 0 Å². The van der Waals surface area contributed by atoms with Crippen LogP contribution < -0.4 is 10.5 Å². The average Bonchev–Trinajstić information content (AvgIpc) is 2.47. The molecule has 0 spiro atoms. The third kappa shape index (κ3) is 3.96. The minimum Gasteiger partial charge on any atom is -0.329 e. The SMILES string of the molecule is CC(C)c1cccc(NS(=O)(=O)N2CCCCC2CN)c1. The van der Waals surface area contributed by atoms with E-state index in [1.54, 1.807) is 6.07 Å². The Labute approximate surface area is 127 Å². The molecule has 1 saturated heterocycles. The summed E-state index contributed by atoms with van der Waals surface area (Å²) >= 11 is 0. The molecule has 0 saturated carbocycles. The lowest BCUT2D eigenvalue weighted by atomic mass is 10.0. The summed E-state index contributed by atoms with van der Waals surface area (Å²) in [5.41, 5.74) is 7.44. The average molecular weight is 311 g/mol. The van der Waals surface area contributed by atoms with E-state index in [9.17, 15) is 8.42 Å². The molecule has 1 fully saturated rings. The Morgan fingerprint density at radius 1 is 1.38 bits per heavy atom. The van der Waals surface area contributed by atoms with Crippen LogP contribution in [-0.4, -0.2) is 31.9 Å². The molecular formula is C15H25N3O2S. The molecule has 3 N–H and O–H groups in total. The van der Waals surface area contributed by atoms with Gasteiger partial charge in [0.15, 0.2) is 0 Å². The van der Waals surface area contributed by atoms with E-state index in [0.717, 1.165) is 24.8 Å². The van der Waals surface area contributed by atoms with E-state index in [2.05, 4.69) is 18.6 Å². The molecule has 0 amide bonds. The van der Waals surface area contributed by atoms with Crippen LogP contribution in [0.5, 0.6) is 0 Å². The molecule has 1 unspecified atom stereocenters. The zero-order valence-corrected chi connectivity index (χ0v) is 13.6. The number of nitrogens with two attached hydrogens (primary N) is 1. The van der Waals surface area contributed by atoms with E-state index in [1.807, 2.05) is 18.2 Å². The first-order chi connectivity index (χ1) is 9.94. The Balaban J connectivity index is 2.18. The summed E-state index contributed by atoms with van der Waals surface area (Å²) in [7, 11) is -3.54. The van der Waals surface area contributed by atoms with Crippen LogP contribution in [0, 0.1) is 0 Å². The Hall–Kier alpha value is -1.11. The van der Waals surface area contributed by atoms with Gasteiger partial charge >= 0.3 is 10.2 Å². The standard InChI is InChI=1S/C15H25N3O2S/c1-12(2)13-6-5-7-14(10-13)17-21(19,20)18-9-4-3-8-15(18)11-16/h5-7,10,12,15,17H,3-4,8-9,11,16H2,1-2H3. The van der Waals surface area contributed by atoms with E-state index >= 15 is 0 Å². The van der Waals surface area contributed by atoms with Crippen LogP contribution >= 0.6 is 0 Å². The fourth-order valence-electron chi connectivity index (χ4n) is 2.69. The maximum Gasteiger partial charge on any atom is 0.301 e. The Bertz CT molecular complexity index is 572. The molecule has 1 aliphatic heterocycles. The first-order valence-corrected chi connectivity index (χ1v) is 8.97. The number of rotatable bonds is 5. The summed E-state index contributed by atoms with van der Waals surface area (Å²) in [6.07, 6.45) is 2.77. The summed E-state index contributed by atoms with van der Waals surface area (Å²) in [5, 5.41) is 0. The topological polar surface area (TPSA) is 75.4 Å². The number of hydrogen-bond acceptors (Lipinski definition) is 3. The van der Waals surface area contributed by atoms with E-state index in [4.69, 9.17) is 5.73 Å². The minimum atomic E-state index is -3.54. The van der Waals surface area contributed by atoms with Crippen molar-refractivity contribution >= 4 is 15.9 Å². The number of hydrogen-bond donors (Lipinski definition) is 2. The Morgan fingerprint density at radius 2 is 2.14 bits per heavy atom. The first kappa shape index (κ1) is 16.3. The monoisotopic (exact) mass is 311 g/mol. The summed E-state index contributed by atoms with van der Waals surface area (Å²) < 4.78 is 29.3. The van der Waals surface area contributed by atoms with Crippen molar-refractivity contribution in [1.29, 1.82) is 0 Å². The normalized spacial score (nSPS) is 20.7. The van der Waals surface area contributed by atoms with Gasteiger partial charge in [0.1, 0.15) is 0 Å². The van der Waals surface area contributed by atoms with Gasteiger partial charge in [0.05, 0.1) is 5.69 Å². The molecule has 0 radical (unpaired) electrons. The second-order valence-corrected chi connectivity index (χ2v) is 7.51. The molecule has 118 valence electrons. The van der Waals surface area contributed by atoms with Gasteiger partial charge in [0.2, 0.25) is 0 Å². The van der Waals surface area contributed by atoms with Crippen molar-refractivity contribution < 1.29 is 8.42 Å². The third-order valence-electron chi connectivity index (χ3n) is 3.95. The highest BCUT2D eigenvalue weighted by Crippen LogP contribution is 2.23. The van der Waals surface area contributed by atoms with Crippen molar-refractivity contribution in [2.24, 2.45) is 5.73 Å². The predicted molar refractivity (Wildman–Crippen MR) is 86.5 cm³/mol. The van der Waals surface area contributed by atoms with E-state index in [0.29, 0.717) is 24.7 Å². The van der Waals surface area contributed by atoms with Crippen molar-refractivity contribution in [3.8, 4) is 0 Å². The molecular weight excluding hydrogens is 286 g/mol. The van der Waals surface area contributed by atoms with Crippen LogP contribution in [0.25, 0.3) is 0 Å². The molecule has 0 aliphatic carbocycles. The van der Waals surface area contributed by atoms with Gasteiger partial charge < -0.3 is 5.73 Å². The van der Waals surface area contributed by atoms with Crippen LogP contribution in [-0.2, 0) is 10.2 Å². The molecule has 1 atom stereocenters. The second kappa shape index (κ2) is 6.77. The Kier molecular flexibility index (Phi) is 5.24. The highest BCUT2D eigenvalue weighted by molar-refractivity contribution is 7.90. The molecule has 6 heteroatoms. The van der Waals surface area contributed by atoms with Gasteiger partial charge in [-0.05, 0) is 36.5 Å². The van der Waals surface area contributed by atoms with Crippen molar-refractivity contribution in [2.75, 3.05) is 17.8 Å². The van der Waals surface area contributed by atoms with Gasteiger partial charge in [-0.25, -0.2) is 0 Å². The first-order valence-electron chi connectivity index (χ1n) is 7.53. The number of benzene rings is 1. The molecule has 0 bridgehead atoms. The molecule has 1 heterocycles.